The highest BCUT2D eigenvalue weighted by atomic mass is 16.5. The van der Waals surface area contributed by atoms with Gasteiger partial charge in [0.2, 0.25) is 0 Å². The standard InChI is InChI=1S/C11H23NO.C5H10O/c1-9-10(2)12(3)7-5-11(9)6-8-13-4;1-6-5-3-2-4-5/h9-11H,5-8H2,1-4H3;5H,2-4H2,1H3. The van der Waals surface area contributed by atoms with Crippen molar-refractivity contribution in [3.63, 3.8) is 0 Å². The molecule has 0 amide bonds. The van der Waals surface area contributed by atoms with Crippen LogP contribution in [0.4, 0.5) is 0 Å². The zero-order valence-electron chi connectivity index (χ0n) is 13.5. The minimum atomic E-state index is 0.616. The first kappa shape index (κ1) is 16.9. The van der Waals surface area contributed by atoms with Crippen LogP contribution >= 0.6 is 0 Å². The Bertz CT molecular complexity index is 226. The van der Waals surface area contributed by atoms with Crippen molar-refractivity contribution in [3.8, 4) is 0 Å². The molecule has 2 rings (SSSR count). The molecule has 3 unspecified atom stereocenters. The fraction of sp³-hybridized carbons (Fsp3) is 1.00. The molecule has 0 aromatic carbocycles. The predicted octanol–water partition coefficient (Wildman–Crippen LogP) is 3.18. The molecule has 0 spiro atoms. The minimum absolute atomic E-state index is 0.616. The SMILES string of the molecule is COC1CCC1.COCCC1CCN(C)C(C)C1C. The van der Waals surface area contributed by atoms with Crippen LogP contribution in [0.15, 0.2) is 0 Å². The average Bonchev–Trinajstić information content (AvgIpc) is 2.35. The Labute approximate surface area is 119 Å². The normalized spacial score (nSPS) is 32.4. The second-order valence-corrected chi connectivity index (χ2v) is 6.20. The largest absolute Gasteiger partial charge is 0.385 e. The lowest BCUT2D eigenvalue weighted by Gasteiger charge is -2.40. The summed E-state index contributed by atoms with van der Waals surface area (Å²) < 4.78 is 10.1. The lowest BCUT2D eigenvalue weighted by atomic mass is 9.80. The Morgan fingerprint density at radius 2 is 1.79 bits per heavy atom. The van der Waals surface area contributed by atoms with E-state index in [1.807, 2.05) is 0 Å². The second-order valence-electron chi connectivity index (χ2n) is 6.20. The number of rotatable bonds is 4. The zero-order chi connectivity index (χ0) is 14.3. The molecule has 0 aromatic rings. The fourth-order valence-corrected chi connectivity index (χ4v) is 2.91. The van der Waals surface area contributed by atoms with E-state index in [1.165, 1.54) is 38.6 Å². The van der Waals surface area contributed by atoms with E-state index in [4.69, 9.17) is 9.47 Å². The molecular formula is C16H33NO2. The van der Waals surface area contributed by atoms with Crippen molar-refractivity contribution in [1.29, 1.82) is 0 Å². The third-order valence-electron chi connectivity index (χ3n) is 5.13. The molecule has 1 saturated carbocycles. The Morgan fingerprint density at radius 1 is 1.11 bits per heavy atom. The summed E-state index contributed by atoms with van der Waals surface area (Å²) in [5.41, 5.74) is 0. The molecule has 3 heteroatoms. The molecule has 3 nitrogen and oxygen atoms in total. The van der Waals surface area contributed by atoms with Crippen molar-refractivity contribution in [2.45, 2.75) is 58.1 Å². The number of hydrogen-bond donors (Lipinski definition) is 0. The summed E-state index contributed by atoms with van der Waals surface area (Å²) in [7, 11) is 5.81. The van der Waals surface area contributed by atoms with Crippen LogP contribution in [-0.2, 0) is 9.47 Å². The summed E-state index contributed by atoms with van der Waals surface area (Å²) in [5, 5.41) is 0. The van der Waals surface area contributed by atoms with Crippen LogP contribution < -0.4 is 0 Å². The highest BCUT2D eigenvalue weighted by molar-refractivity contribution is 4.82. The van der Waals surface area contributed by atoms with Crippen LogP contribution in [0.2, 0.25) is 0 Å². The predicted molar refractivity (Wildman–Crippen MR) is 80.5 cm³/mol. The second kappa shape index (κ2) is 8.93. The summed E-state index contributed by atoms with van der Waals surface area (Å²) in [6.07, 6.45) is 7.14. The van der Waals surface area contributed by atoms with Crippen molar-refractivity contribution in [1.82, 2.24) is 4.90 Å². The first-order valence-electron chi connectivity index (χ1n) is 7.82. The van der Waals surface area contributed by atoms with Gasteiger partial charge in [-0.1, -0.05) is 6.92 Å². The van der Waals surface area contributed by atoms with E-state index in [0.717, 1.165) is 24.5 Å². The fourth-order valence-electron chi connectivity index (χ4n) is 2.91. The molecule has 3 atom stereocenters. The third-order valence-corrected chi connectivity index (χ3v) is 5.13. The van der Waals surface area contributed by atoms with E-state index in [0.29, 0.717) is 6.10 Å². The van der Waals surface area contributed by atoms with Gasteiger partial charge in [-0.25, -0.2) is 0 Å². The first-order chi connectivity index (χ1) is 9.10. The van der Waals surface area contributed by atoms with Crippen LogP contribution in [0.25, 0.3) is 0 Å². The van der Waals surface area contributed by atoms with E-state index in [9.17, 15) is 0 Å². The number of piperidine rings is 1. The first-order valence-corrected chi connectivity index (χ1v) is 7.82. The quantitative estimate of drug-likeness (QED) is 0.784. The maximum atomic E-state index is 5.14. The lowest BCUT2D eigenvalue weighted by molar-refractivity contribution is 0.0412. The average molecular weight is 271 g/mol. The maximum absolute atomic E-state index is 5.14. The summed E-state index contributed by atoms with van der Waals surface area (Å²) in [6.45, 7) is 6.88. The maximum Gasteiger partial charge on any atom is 0.0571 e. The van der Waals surface area contributed by atoms with Crippen molar-refractivity contribution >= 4 is 0 Å². The van der Waals surface area contributed by atoms with Gasteiger partial charge in [-0.3, -0.25) is 0 Å². The van der Waals surface area contributed by atoms with Crippen LogP contribution in [-0.4, -0.2) is 51.5 Å². The summed E-state index contributed by atoms with van der Waals surface area (Å²) in [4.78, 5) is 2.47. The summed E-state index contributed by atoms with van der Waals surface area (Å²) in [5.74, 6) is 1.68. The van der Waals surface area contributed by atoms with E-state index >= 15 is 0 Å². The number of likely N-dealkylation sites (tertiary alicyclic amines) is 1. The topological polar surface area (TPSA) is 21.7 Å². The summed E-state index contributed by atoms with van der Waals surface area (Å²) in [6, 6.07) is 0.732. The van der Waals surface area contributed by atoms with Crippen molar-refractivity contribution in [2.75, 3.05) is 34.4 Å². The number of hydrogen-bond acceptors (Lipinski definition) is 3. The van der Waals surface area contributed by atoms with E-state index < -0.39 is 0 Å². The van der Waals surface area contributed by atoms with Gasteiger partial charge in [0.15, 0.2) is 0 Å². The van der Waals surface area contributed by atoms with Crippen LogP contribution in [0, 0.1) is 11.8 Å². The van der Waals surface area contributed by atoms with Crippen molar-refractivity contribution in [3.05, 3.63) is 0 Å². The number of nitrogens with zero attached hydrogens (tertiary/aromatic N) is 1. The van der Waals surface area contributed by atoms with Gasteiger partial charge >= 0.3 is 0 Å². The minimum Gasteiger partial charge on any atom is -0.385 e. The molecular weight excluding hydrogens is 238 g/mol. The third kappa shape index (κ3) is 5.41. The van der Waals surface area contributed by atoms with Gasteiger partial charge in [0, 0.05) is 26.9 Å². The van der Waals surface area contributed by atoms with E-state index in [2.05, 4.69) is 25.8 Å². The van der Waals surface area contributed by atoms with Gasteiger partial charge in [-0.2, -0.15) is 0 Å². The molecule has 2 fully saturated rings. The molecule has 0 bridgehead atoms. The monoisotopic (exact) mass is 271 g/mol. The molecule has 2 aliphatic rings. The zero-order valence-corrected chi connectivity index (χ0v) is 13.5. The molecule has 1 heterocycles. The highest BCUT2D eigenvalue weighted by Gasteiger charge is 2.29. The molecule has 19 heavy (non-hydrogen) atoms. The van der Waals surface area contributed by atoms with Crippen molar-refractivity contribution in [2.24, 2.45) is 11.8 Å². The van der Waals surface area contributed by atoms with Crippen molar-refractivity contribution < 1.29 is 9.47 Å². The smallest absolute Gasteiger partial charge is 0.0571 e. The van der Waals surface area contributed by atoms with Crippen LogP contribution in [0.3, 0.4) is 0 Å². The van der Waals surface area contributed by atoms with Crippen LogP contribution in [0.1, 0.15) is 46.0 Å². The van der Waals surface area contributed by atoms with Gasteiger partial charge in [0.25, 0.3) is 0 Å². The summed E-state index contributed by atoms with van der Waals surface area (Å²) >= 11 is 0. The molecule has 1 aliphatic carbocycles. The Hall–Kier alpha value is -0.120. The molecule has 0 N–H and O–H groups in total. The Morgan fingerprint density at radius 3 is 2.21 bits per heavy atom. The van der Waals surface area contributed by atoms with Crippen LogP contribution in [0.5, 0.6) is 0 Å². The van der Waals surface area contributed by atoms with Gasteiger partial charge in [-0.15, -0.1) is 0 Å². The van der Waals surface area contributed by atoms with Gasteiger partial charge in [0.1, 0.15) is 0 Å². The lowest BCUT2D eigenvalue weighted by Crippen LogP contribution is -2.44. The molecule has 0 aromatic heterocycles. The molecule has 0 radical (unpaired) electrons. The number of ether oxygens (including phenoxy) is 2. The highest BCUT2D eigenvalue weighted by Crippen LogP contribution is 2.30. The van der Waals surface area contributed by atoms with Gasteiger partial charge < -0.3 is 14.4 Å². The van der Waals surface area contributed by atoms with Gasteiger partial charge in [-0.05, 0) is 64.5 Å². The number of methoxy groups -OCH3 is 2. The van der Waals surface area contributed by atoms with Gasteiger partial charge in [0.05, 0.1) is 6.10 Å². The van der Waals surface area contributed by atoms with E-state index in [-0.39, 0.29) is 0 Å². The Kier molecular flexibility index (Phi) is 7.96. The molecule has 1 aliphatic heterocycles. The van der Waals surface area contributed by atoms with E-state index in [1.54, 1.807) is 14.2 Å². The Balaban J connectivity index is 0.000000250. The molecule has 1 saturated heterocycles. The molecule has 114 valence electrons.